The van der Waals surface area contributed by atoms with Crippen LogP contribution in [0.1, 0.15) is 15.9 Å². The van der Waals surface area contributed by atoms with Gasteiger partial charge in [0.1, 0.15) is 0 Å². The normalized spacial score (nSPS) is 10.3. The highest BCUT2D eigenvalue weighted by Crippen LogP contribution is 2.32. The molecular weight excluding hydrogens is 423 g/mol. The lowest BCUT2D eigenvalue weighted by atomic mass is 10.2. The molecule has 0 saturated heterocycles. The number of nitrogens with two attached hydrogens (primary N) is 1. The zero-order valence-electron chi connectivity index (χ0n) is 10.9. The number of carbonyl (C=O) groups is 1. The van der Waals surface area contributed by atoms with Crippen molar-refractivity contribution in [1.82, 2.24) is 4.98 Å². The Morgan fingerprint density at radius 2 is 1.90 bits per heavy atom. The van der Waals surface area contributed by atoms with Crippen LogP contribution in [0.5, 0.6) is 0 Å². The number of pyridine rings is 1. The van der Waals surface area contributed by atoms with Gasteiger partial charge in [0, 0.05) is 15.1 Å². The minimum absolute atomic E-state index is 0.271. The predicted octanol–water partition coefficient (Wildman–Crippen LogP) is 4.11. The number of benzene rings is 1. The number of aryl methyl sites for hydroxylation is 1. The van der Waals surface area contributed by atoms with Crippen molar-refractivity contribution in [2.24, 2.45) is 5.84 Å². The number of nitrogens with one attached hydrogen (secondary N) is 2. The number of aromatic nitrogens is 1. The third kappa shape index (κ3) is 3.74. The number of carbonyl (C=O) groups excluding carboxylic acids is 1. The van der Waals surface area contributed by atoms with Crippen LogP contribution in [0.25, 0.3) is 0 Å². The Labute approximate surface area is 143 Å². The van der Waals surface area contributed by atoms with Gasteiger partial charge in [-0.3, -0.25) is 4.79 Å². The highest BCUT2D eigenvalue weighted by molar-refractivity contribution is 9.11. The molecule has 8 heteroatoms. The second kappa shape index (κ2) is 6.74. The number of rotatable bonds is 3. The van der Waals surface area contributed by atoms with Crippen molar-refractivity contribution in [3.63, 3.8) is 0 Å². The number of hydrazine groups is 1. The van der Waals surface area contributed by atoms with E-state index in [-0.39, 0.29) is 10.9 Å². The highest BCUT2D eigenvalue weighted by Gasteiger charge is 2.13. The van der Waals surface area contributed by atoms with Gasteiger partial charge in [0.25, 0.3) is 5.91 Å². The molecule has 21 heavy (non-hydrogen) atoms. The van der Waals surface area contributed by atoms with Gasteiger partial charge in [0.05, 0.1) is 16.3 Å². The third-order valence-electron chi connectivity index (χ3n) is 2.67. The summed E-state index contributed by atoms with van der Waals surface area (Å²) >= 11 is 12.8. The van der Waals surface area contributed by atoms with E-state index in [4.69, 9.17) is 17.4 Å². The Morgan fingerprint density at radius 1 is 1.29 bits per heavy atom. The van der Waals surface area contributed by atoms with E-state index in [1.165, 1.54) is 12.3 Å². The summed E-state index contributed by atoms with van der Waals surface area (Å²) in [4.78, 5) is 16.2. The fraction of sp³-hybridized carbons (Fsp3) is 0.0769. The molecule has 0 bridgehead atoms. The molecule has 0 spiro atoms. The van der Waals surface area contributed by atoms with E-state index in [9.17, 15) is 4.79 Å². The van der Waals surface area contributed by atoms with Gasteiger partial charge in [-0.15, -0.1) is 0 Å². The zero-order chi connectivity index (χ0) is 15.6. The van der Waals surface area contributed by atoms with Gasteiger partial charge in [-0.2, -0.15) is 0 Å². The van der Waals surface area contributed by atoms with Gasteiger partial charge in [-0.25, -0.2) is 10.8 Å². The first-order valence-corrected chi connectivity index (χ1v) is 7.78. The number of halogens is 3. The van der Waals surface area contributed by atoms with Crippen molar-refractivity contribution in [2.75, 3.05) is 10.7 Å². The number of nitrogen functional groups attached to an aromatic ring is 1. The third-order valence-corrected chi connectivity index (χ3v) is 4.20. The minimum Gasteiger partial charge on any atom is -0.320 e. The summed E-state index contributed by atoms with van der Waals surface area (Å²) in [5.41, 5.74) is 4.38. The molecule has 1 aromatic heterocycles. The van der Waals surface area contributed by atoms with Crippen LogP contribution >= 0.6 is 43.5 Å². The molecule has 0 aliphatic heterocycles. The number of hydrogen-bond donors (Lipinski definition) is 3. The molecule has 2 rings (SSSR count). The van der Waals surface area contributed by atoms with E-state index in [1.807, 2.05) is 19.1 Å². The standard InChI is InChI=1S/C13H11Br2ClN4O/c1-6-2-8(14)11(9(15)3-6)19-13(21)7-4-10(16)12(20-17)18-5-7/h2-5H,17H2,1H3,(H,18,20)(H,19,21). The SMILES string of the molecule is Cc1cc(Br)c(NC(=O)c2cnc(NN)c(Cl)c2)c(Br)c1. The lowest BCUT2D eigenvalue weighted by Gasteiger charge is -2.11. The molecule has 0 saturated carbocycles. The number of anilines is 2. The zero-order valence-corrected chi connectivity index (χ0v) is 14.8. The Hall–Kier alpha value is -1.15. The van der Waals surface area contributed by atoms with E-state index in [1.54, 1.807) is 0 Å². The van der Waals surface area contributed by atoms with Crippen molar-refractivity contribution in [3.8, 4) is 0 Å². The van der Waals surface area contributed by atoms with Crippen LogP contribution in [0.3, 0.4) is 0 Å². The van der Waals surface area contributed by atoms with Gasteiger partial charge in [0.15, 0.2) is 5.82 Å². The maximum Gasteiger partial charge on any atom is 0.257 e. The average molecular weight is 435 g/mol. The molecule has 0 fully saturated rings. The monoisotopic (exact) mass is 432 g/mol. The van der Waals surface area contributed by atoms with Crippen LogP contribution in [0.4, 0.5) is 11.5 Å². The second-order valence-corrected chi connectivity index (χ2v) is 6.37. The summed E-state index contributed by atoms with van der Waals surface area (Å²) in [5.74, 6) is 5.23. The molecule has 0 unspecified atom stereocenters. The molecule has 1 aromatic carbocycles. The summed E-state index contributed by atoms with van der Waals surface area (Å²) in [5, 5.41) is 3.07. The number of amides is 1. The minimum atomic E-state index is -0.321. The highest BCUT2D eigenvalue weighted by atomic mass is 79.9. The van der Waals surface area contributed by atoms with Gasteiger partial charge in [-0.1, -0.05) is 11.6 Å². The molecule has 5 nitrogen and oxygen atoms in total. The molecule has 110 valence electrons. The Kier molecular flexibility index (Phi) is 5.21. The second-order valence-electron chi connectivity index (χ2n) is 4.26. The van der Waals surface area contributed by atoms with E-state index in [2.05, 4.69) is 47.6 Å². The average Bonchev–Trinajstić information content (AvgIpc) is 2.42. The summed E-state index contributed by atoms with van der Waals surface area (Å²) in [6, 6.07) is 5.31. The molecule has 0 atom stereocenters. The lowest BCUT2D eigenvalue weighted by Crippen LogP contribution is -2.15. The van der Waals surface area contributed by atoms with Crippen LogP contribution in [0.15, 0.2) is 33.3 Å². The Morgan fingerprint density at radius 3 is 2.43 bits per heavy atom. The lowest BCUT2D eigenvalue weighted by molar-refractivity contribution is 0.102. The van der Waals surface area contributed by atoms with Crippen molar-refractivity contribution in [3.05, 3.63) is 49.5 Å². The summed E-state index contributed by atoms with van der Waals surface area (Å²) in [6.45, 7) is 1.96. The summed E-state index contributed by atoms with van der Waals surface area (Å²) in [6.07, 6.45) is 1.40. The topological polar surface area (TPSA) is 80.0 Å². The Bertz CT molecular complexity index is 686. The molecule has 0 radical (unpaired) electrons. The van der Waals surface area contributed by atoms with Crippen molar-refractivity contribution in [1.29, 1.82) is 0 Å². The first-order chi connectivity index (χ1) is 9.92. The maximum absolute atomic E-state index is 12.3. The molecule has 1 heterocycles. The number of hydrogen-bond acceptors (Lipinski definition) is 4. The summed E-state index contributed by atoms with van der Waals surface area (Å²) < 4.78 is 1.56. The molecule has 1 amide bonds. The molecule has 0 aliphatic carbocycles. The van der Waals surface area contributed by atoms with Crippen LogP contribution < -0.4 is 16.6 Å². The van der Waals surface area contributed by atoms with Crippen molar-refractivity contribution >= 4 is 60.9 Å². The number of nitrogens with zero attached hydrogens (tertiary/aromatic N) is 1. The maximum atomic E-state index is 12.3. The van der Waals surface area contributed by atoms with Gasteiger partial charge in [-0.05, 0) is 62.5 Å². The smallest absolute Gasteiger partial charge is 0.257 e. The largest absolute Gasteiger partial charge is 0.320 e. The first-order valence-electron chi connectivity index (χ1n) is 5.81. The van der Waals surface area contributed by atoms with E-state index < -0.39 is 0 Å². The van der Waals surface area contributed by atoms with Crippen LogP contribution in [-0.4, -0.2) is 10.9 Å². The van der Waals surface area contributed by atoms with E-state index in [0.29, 0.717) is 17.1 Å². The van der Waals surface area contributed by atoms with Crippen molar-refractivity contribution in [2.45, 2.75) is 6.92 Å². The van der Waals surface area contributed by atoms with Crippen LogP contribution in [-0.2, 0) is 0 Å². The molecular formula is C13H11Br2ClN4O. The quantitative estimate of drug-likeness (QED) is 0.502. The predicted molar refractivity (Wildman–Crippen MR) is 91.6 cm³/mol. The summed E-state index contributed by atoms with van der Waals surface area (Å²) in [7, 11) is 0. The molecule has 4 N–H and O–H groups in total. The fourth-order valence-corrected chi connectivity index (χ4v) is 3.51. The van der Waals surface area contributed by atoms with Gasteiger partial charge < -0.3 is 10.7 Å². The van der Waals surface area contributed by atoms with Gasteiger partial charge in [0.2, 0.25) is 0 Å². The van der Waals surface area contributed by atoms with Crippen molar-refractivity contribution < 1.29 is 4.79 Å². The molecule has 0 aliphatic rings. The van der Waals surface area contributed by atoms with Gasteiger partial charge >= 0.3 is 0 Å². The fourth-order valence-electron chi connectivity index (χ4n) is 1.67. The van der Waals surface area contributed by atoms with Crippen LogP contribution in [0.2, 0.25) is 5.02 Å². The van der Waals surface area contributed by atoms with Crippen LogP contribution in [0, 0.1) is 6.92 Å². The molecule has 2 aromatic rings. The Balaban J connectivity index is 2.28. The van der Waals surface area contributed by atoms with E-state index >= 15 is 0 Å². The van der Waals surface area contributed by atoms with E-state index in [0.717, 1.165) is 14.5 Å². The first kappa shape index (κ1) is 16.2.